The van der Waals surface area contributed by atoms with E-state index in [0.717, 1.165) is 18.1 Å². The largest absolute Gasteiger partial charge is 0.478 e. The molecule has 3 N–H and O–H groups in total. The van der Waals surface area contributed by atoms with E-state index in [2.05, 4.69) is 6.92 Å². The van der Waals surface area contributed by atoms with Gasteiger partial charge in [-0.05, 0) is 50.5 Å². The van der Waals surface area contributed by atoms with Gasteiger partial charge in [0.25, 0.3) is 0 Å². The fourth-order valence-electron chi connectivity index (χ4n) is 3.40. The molecule has 1 aliphatic heterocycles. The number of ether oxygens (including phenoxy) is 1. The minimum atomic E-state index is -4.22. The van der Waals surface area contributed by atoms with E-state index in [4.69, 9.17) is 9.88 Å². The van der Waals surface area contributed by atoms with Crippen LogP contribution in [-0.2, 0) is 10.0 Å². The predicted octanol–water partition coefficient (Wildman–Crippen LogP) is 3.37. The van der Waals surface area contributed by atoms with Gasteiger partial charge < -0.3 is 14.7 Å². The van der Waals surface area contributed by atoms with Crippen molar-refractivity contribution < 1.29 is 23.1 Å². The lowest BCUT2D eigenvalue weighted by molar-refractivity contribution is 0.0696. The number of hydrogen-bond acceptors (Lipinski definition) is 5. The van der Waals surface area contributed by atoms with Crippen molar-refractivity contribution in [2.24, 2.45) is 11.1 Å². The number of aryl methyl sites for hydroxylation is 1. The van der Waals surface area contributed by atoms with Gasteiger partial charge in [0.05, 0.1) is 11.3 Å². The van der Waals surface area contributed by atoms with Crippen molar-refractivity contribution in [2.75, 3.05) is 11.4 Å². The van der Waals surface area contributed by atoms with Crippen molar-refractivity contribution in [1.82, 2.24) is 0 Å². The summed E-state index contributed by atoms with van der Waals surface area (Å²) in [5.74, 6) is -0.358. The fourth-order valence-corrected chi connectivity index (χ4v) is 4.09. The molecule has 0 saturated carbocycles. The number of carboxylic acids is 1. The molecule has 0 radical (unpaired) electrons. The maximum atomic E-state index is 12.3. The molecule has 150 valence electrons. The summed E-state index contributed by atoms with van der Waals surface area (Å²) < 4.78 is 30.5. The van der Waals surface area contributed by atoms with E-state index < -0.39 is 16.0 Å². The Labute approximate surface area is 164 Å². The molecule has 0 bridgehead atoms. The van der Waals surface area contributed by atoms with E-state index in [9.17, 15) is 18.3 Å². The molecule has 3 rings (SSSR count). The normalized spacial score (nSPS) is 19.6. The molecule has 1 heterocycles. The average molecular weight is 404 g/mol. The Hall–Kier alpha value is -2.58. The number of anilines is 1. The molecule has 28 heavy (non-hydrogen) atoms. The molecular formula is C20H24N2O5S. The fraction of sp³-hybridized carbons (Fsp3) is 0.350. The van der Waals surface area contributed by atoms with Crippen LogP contribution in [0.2, 0.25) is 0 Å². The molecular weight excluding hydrogens is 380 g/mol. The highest BCUT2D eigenvalue weighted by Gasteiger charge is 2.33. The third-order valence-electron chi connectivity index (χ3n) is 5.28. The first-order chi connectivity index (χ1) is 13.1. The number of benzene rings is 2. The second-order valence-corrected chi connectivity index (χ2v) is 8.82. The quantitative estimate of drug-likeness (QED) is 0.791. The van der Waals surface area contributed by atoms with Crippen molar-refractivity contribution >= 4 is 21.7 Å². The third-order valence-corrected chi connectivity index (χ3v) is 6.20. The summed E-state index contributed by atoms with van der Waals surface area (Å²) in [6, 6.07) is 9.75. The van der Waals surface area contributed by atoms with E-state index in [1.807, 2.05) is 30.9 Å². The number of rotatable bonds is 5. The van der Waals surface area contributed by atoms with Crippen LogP contribution in [0.4, 0.5) is 5.69 Å². The standard InChI is InChI=1S/C20H24N2O5S/c1-12-4-6-16(7-5-12)27-19-17(22-9-8-13(2)14(22)3)10-15(20(23)24)11-18(19)28(21,25)26/h4-7,10-11,13-14H,8-9H2,1-3H3,(H,23,24)(H2,21,25,26). The smallest absolute Gasteiger partial charge is 0.335 e. The molecule has 2 aromatic carbocycles. The molecule has 2 atom stereocenters. The van der Waals surface area contributed by atoms with Gasteiger partial charge in [0.1, 0.15) is 10.6 Å². The molecule has 1 fully saturated rings. The van der Waals surface area contributed by atoms with E-state index >= 15 is 0 Å². The molecule has 0 spiro atoms. The number of primary sulfonamides is 1. The van der Waals surface area contributed by atoms with Gasteiger partial charge in [0.15, 0.2) is 5.75 Å². The molecule has 2 aromatic rings. The highest BCUT2D eigenvalue weighted by atomic mass is 32.2. The zero-order chi connectivity index (χ0) is 20.6. The van der Waals surface area contributed by atoms with Crippen LogP contribution in [0.15, 0.2) is 41.3 Å². The Kier molecular flexibility index (Phi) is 5.36. The van der Waals surface area contributed by atoms with E-state index in [-0.39, 0.29) is 22.3 Å². The van der Waals surface area contributed by atoms with Gasteiger partial charge in [-0.3, -0.25) is 0 Å². The van der Waals surface area contributed by atoms with Crippen molar-refractivity contribution in [1.29, 1.82) is 0 Å². The van der Waals surface area contributed by atoms with Gasteiger partial charge in [-0.15, -0.1) is 0 Å². The second-order valence-electron chi connectivity index (χ2n) is 7.29. The Balaban J connectivity index is 2.23. The first-order valence-corrected chi connectivity index (χ1v) is 10.6. The van der Waals surface area contributed by atoms with Crippen molar-refractivity contribution in [3.63, 3.8) is 0 Å². The summed E-state index contributed by atoms with van der Waals surface area (Å²) in [4.78, 5) is 13.2. The Morgan fingerprint density at radius 3 is 2.36 bits per heavy atom. The van der Waals surface area contributed by atoms with Crippen LogP contribution in [0.25, 0.3) is 0 Å². The van der Waals surface area contributed by atoms with E-state index in [0.29, 0.717) is 23.9 Å². The Morgan fingerprint density at radius 2 is 1.86 bits per heavy atom. The minimum Gasteiger partial charge on any atom is -0.478 e. The number of nitrogens with two attached hydrogens (primary N) is 1. The Bertz CT molecular complexity index is 1000. The van der Waals surface area contributed by atoms with Crippen LogP contribution in [0.3, 0.4) is 0 Å². The molecule has 1 aliphatic rings. The number of carboxylic acid groups (broad SMARTS) is 1. The highest BCUT2D eigenvalue weighted by molar-refractivity contribution is 7.89. The first-order valence-electron chi connectivity index (χ1n) is 9.03. The van der Waals surface area contributed by atoms with Crippen LogP contribution >= 0.6 is 0 Å². The SMILES string of the molecule is Cc1ccc(Oc2c(N3CCC(C)C3C)cc(C(=O)O)cc2S(N)(=O)=O)cc1. The molecule has 8 heteroatoms. The van der Waals surface area contributed by atoms with Gasteiger partial charge in [-0.2, -0.15) is 0 Å². The summed E-state index contributed by atoms with van der Waals surface area (Å²) in [5.41, 5.74) is 1.30. The second kappa shape index (κ2) is 7.44. The van der Waals surface area contributed by atoms with E-state index in [1.165, 1.54) is 6.07 Å². The maximum Gasteiger partial charge on any atom is 0.335 e. The molecule has 0 aromatic heterocycles. The van der Waals surface area contributed by atoms with Gasteiger partial charge in [0, 0.05) is 12.6 Å². The summed E-state index contributed by atoms with van der Waals surface area (Å²) in [6.45, 7) is 6.73. The van der Waals surface area contributed by atoms with Gasteiger partial charge in [0.2, 0.25) is 10.0 Å². The van der Waals surface area contributed by atoms with E-state index in [1.54, 1.807) is 12.1 Å². The zero-order valence-corrected chi connectivity index (χ0v) is 16.9. The number of hydrogen-bond donors (Lipinski definition) is 2. The molecule has 7 nitrogen and oxygen atoms in total. The summed E-state index contributed by atoms with van der Waals surface area (Å²) in [7, 11) is -4.22. The monoisotopic (exact) mass is 404 g/mol. The van der Waals surface area contributed by atoms with Crippen LogP contribution in [0.1, 0.15) is 36.2 Å². The van der Waals surface area contributed by atoms with Crippen molar-refractivity contribution in [3.8, 4) is 11.5 Å². The van der Waals surface area contributed by atoms with Crippen LogP contribution in [0.5, 0.6) is 11.5 Å². The number of nitrogens with zero attached hydrogens (tertiary/aromatic N) is 1. The maximum absolute atomic E-state index is 12.3. The predicted molar refractivity (Wildman–Crippen MR) is 107 cm³/mol. The highest BCUT2D eigenvalue weighted by Crippen LogP contribution is 2.42. The topological polar surface area (TPSA) is 110 Å². The van der Waals surface area contributed by atoms with Crippen molar-refractivity contribution in [2.45, 2.75) is 38.1 Å². The summed E-state index contributed by atoms with van der Waals surface area (Å²) >= 11 is 0. The van der Waals surface area contributed by atoms with Crippen LogP contribution in [0, 0.1) is 12.8 Å². The van der Waals surface area contributed by atoms with Gasteiger partial charge in [-0.25, -0.2) is 18.4 Å². The molecule has 0 amide bonds. The number of sulfonamides is 1. The third kappa shape index (κ3) is 3.98. The van der Waals surface area contributed by atoms with Crippen LogP contribution in [-0.4, -0.2) is 32.1 Å². The van der Waals surface area contributed by atoms with Crippen LogP contribution < -0.4 is 14.8 Å². The van der Waals surface area contributed by atoms with Gasteiger partial charge in [-0.1, -0.05) is 24.6 Å². The molecule has 2 unspecified atom stereocenters. The van der Waals surface area contributed by atoms with Crippen molar-refractivity contribution in [3.05, 3.63) is 47.5 Å². The Morgan fingerprint density at radius 1 is 1.21 bits per heavy atom. The lowest BCUT2D eigenvalue weighted by Gasteiger charge is -2.29. The average Bonchev–Trinajstić information content (AvgIpc) is 2.95. The zero-order valence-electron chi connectivity index (χ0n) is 16.0. The first kappa shape index (κ1) is 20.2. The summed E-state index contributed by atoms with van der Waals surface area (Å²) in [5, 5.41) is 14.9. The number of carbonyl (C=O) groups is 1. The lowest BCUT2D eigenvalue weighted by Crippen LogP contribution is -2.30. The number of aromatic carboxylic acids is 1. The molecule has 1 saturated heterocycles. The van der Waals surface area contributed by atoms with Gasteiger partial charge >= 0.3 is 5.97 Å². The minimum absolute atomic E-state index is 0.0531. The lowest BCUT2D eigenvalue weighted by atomic mass is 10.0. The molecule has 0 aliphatic carbocycles. The summed E-state index contributed by atoms with van der Waals surface area (Å²) in [6.07, 6.45) is 0.910.